The van der Waals surface area contributed by atoms with Gasteiger partial charge in [-0.05, 0) is 34.2 Å². The molecule has 148 valence electrons. The number of aliphatic hydroxyl groups is 2. The molecule has 0 amide bonds. The van der Waals surface area contributed by atoms with Gasteiger partial charge < -0.3 is 10.2 Å². The fraction of sp³-hybridized carbons (Fsp3) is 0.143. The lowest BCUT2D eigenvalue weighted by Crippen LogP contribution is -2.35. The molecular formula is C28H24O2. The first-order chi connectivity index (χ1) is 14.7. The van der Waals surface area contributed by atoms with Crippen LogP contribution in [0.2, 0.25) is 0 Å². The molecule has 1 aliphatic rings. The fourth-order valence-electron chi connectivity index (χ4n) is 5.11. The lowest BCUT2D eigenvalue weighted by atomic mass is 9.76. The molecule has 0 spiro atoms. The van der Waals surface area contributed by atoms with E-state index in [-0.39, 0.29) is 0 Å². The predicted molar refractivity (Wildman–Crippen MR) is 120 cm³/mol. The van der Waals surface area contributed by atoms with E-state index < -0.39 is 17.1 Å². The van der Waals surface area contributed by atoms with Crippen LogP contribution < -0.4 is 0 Å². The van der Waals surface area contributed by atoms with E-state index in [1.165, 1.54) is 0 Å². The minimum absolute atomic E-state index is 0.474. The summed E-state index contributed by atoms with van der Waals surface area (Å²) in [5.74, 6) is 0. The highest BCUT2D eigenvalue weighted by Crippen LogP contribution is 2.70. The second kappa shape index (κ2) is 7.24. The Morgan fingerprint density at radius 3 is 1.40 bits per heavy atom. The summed E-state index contributed by atoms with van der Waals surface area (Å²) in [6.45, 7) is 0. The van der Waals surface area contributed by atoms with Gasteiger partial charge in [-0.3, -0.25) is 0 Å². The number of benzene rings is 4. The van der Waals surface area contributed by atoms with E-state index in [0.717, 1.165) is 27.8 Å². The fourth-order valence-corrected chi connectivity index (χ4v) is 5.11. The molecule has 4 aromatic carbocycles. The van der Waals surface area contributed by atoms with Gasteiger partial charge in [0.25, 0.3) is 0 Å². The highest BCUT2D eigenvalue weighted by Gasteiger charge is 2.73. The van der Waals surface area contributed by atoms with Crippen molar-refractivity contribution in [3.05, 3.63) is 132 Å². The maximum atomic E-state index is 10.7. The molecule has 1 atom stereocenters. The Kier molecular flexibility index (Phi) is 4.54. The van der Waals surface area contributed by atoms with Crippen LogP contribution in [0.3, 0.4) is 0 Å². The van der Waals surface area contributed by atoms with Crippen LogP contribution >= 0.6 is 0 Å². The summed E-state index contributed by atoms with van der Waals surface area (Å²) in [6, 6.07) is 38.9. The first-order valence-corrected chi connectivity index (χ1v) is 10.3. The van der Waals surface area contributed by atoms with Crippen LogP contribution in [0.15, 0.2) is 115 Å². The van der Waals surface area contributed by atoms with E-state index in [1.54, 1.807) is 0 Å². The Labute approximate surface area is 177 Å². The van der Waals surface area contributed by atoms with Crippen LogP contribution in [0.4, 0.5) is 0 Å². The van der Waals surface area contributed by atoms with E-state index in [1.807, 2.05) is 54.6 Å². The molecule has 0 radical (unpaired) electrons. The first-order valence-electron chi connectivity index (χ1n) is 10.3. The van der Waals surface area contributed by atoms with Gasteiger partial charge in [-0.1, -0.05) is 115 Å². The van der Waals surface area contributed by atoms with Crippen molar-refractivity contribution < 1.29 is 10.2 Å². The summed E-state index contributed by atoms with van der Waals surface area (Å²) < 4.78 is 0. The minimum Gasteiger partial charge on any atom is -0.367 e. The van der Waals surface area contributed by atoms with Gasteiger partial charge in [0.05, 0.1) is 5.41 Å². The van der Waals surface area contributed by atoms with Crippen molar-refractivity contribution in [3.63, 3.8) is 0 Å². The van der Waals surface area contributed by atoms with Gasteiger partial charge in [0.2, 0.25) is 0 Å². The topological polar surface area (TPSA) is 40.5 Å². The van der Waals surface area contributed by atoms with Crippen LogP contribution in [0.1, 0.15) is 23.1 Å². The summed E-state index contributed by atoms with van der Waals surface area (Å²) in [5, 5.41) is 21.4. The van der Waals surface area contributed by atoms with Crippen LogP contribution in [0.25, 0.3) is 11.1 Å². The molecule has 0 unspecified atom stereocenters. The van der Waals surface area contributed by atoms with Crippen molar-refractivity contribution in [1.29, 1.82) is 0 Å². The van der Waals surface area contributed by atoms with Gasteiger partial charge in [0, 0.05) is 5.41 Å². The molecular weight excluding hydrogens is 368 g/mol. The molecule has 0 aromatic heterocycles. The smallest absolute Gasteiger partial charge is 0.162 e. The van der Waals surface area contributed by atoms with Gasteiger partial charge in [-0.25, -0.2) is 0 Å². The maximum absolute atomic E-state index is 10.7. The molecule has 0 aliphatic heterocycles. The van der Waals surface area contributed by atoms with E-state index >= 15 is 0 Å². The monoisotopic (exact) mass is 392 g/mol. The molecule has 30 heavy (non-hydrogen) atoms. The highest BCUT2D eigenvalue weighted by atomic mass is 16.5. The van der Waals surface area contributed by atoms with Gasteiger partial charge in [0.1, 0.15) is 0 Å². The Hall–Kier alpha value is -3.20. The average molecular weight is 392 g/mol. The lowest BCUT2D eigenvalue weighted by Gasteiger charge is -2.29. The third kappa shape index (κ3) is 2.72. The highest BCUT2D eigenvalue weighted by molar-refractivity contribution is 5.66. The number of hydrogen-bond donors (Lipinski definition) is 2. The second-order valence-electron chi connectivity index (χ2n) is 8.10. The Morgan fingerprint density at radius 2 is 0.933 bits per heavy atom. The third-order valence-corrected chi connectivity index (χ3v) is 6.66. The van der Waals surface area contributed by atoms with Crippen molar-refractivity contribution in [2.45, 2.75) is 23.5 Å². The van der Waals surface area contributed by atoms with Crippen molar-refractivity contribution in [1.82, 2.24) is 0 Å². The van der Waals surface area contributed by atoms with E-state index in [2.05, 4.69) is 60.7 Å². The molecule has 0 saturated heterocycles. The van der Waals surface area contributed by atoms with E-state index in [0.29, 0.717) is 6.42 Å². The SMILES string of the molecule is OC(O)[C@]1(c2ccc(-c3ccccc3)cc2)CC1(c1ccccc1)c1ccccc1. The zero-order valence-electron chi connectivity index (χ0n) is 16.6. The lowest BCUT2D eigenvalue weighted by molar-refractivity contribution is -0.0742. The minimum atomic E-state index is -1.47. The van der Waals surface area contributed by atoms with E-state index in [4.69, 9.17) is 0 Å². The largest absolute Gasteiger partial charge is 0.367 e. The predicted octanol–water partition coefficient (Wildman–Crippen LogP) is 5.29. The summed E-state index contributed by atoms with van der Waals surface area (Å²) in [4.78, 5) is 0. The molecule has 5 rings (SSSR count). The number of hydrogen-bond acceptors (Lipinski definition) is 2. The molecule has 2 nitrogen and oxygen atoms in total. The molecule has 0 bridgehead atoms. The first kappa shape index (κ1) is 18.8. The Bertz CT molecular complexity index is 1080. The van der Waals surface area contributed by atoms with Crippen LogP contribution in [0.5, 0.6) is 0 Å². The summed E-state index contributed by atoms with van der Waals surface area (Å²) in [7, 11) is 0. The van der Waals surface area contributed by atoms with Crippen molar-refractivity contribution in [2.24, 2.45) is 0 Å². The average Bonchev–Trinajstić information content (AvgIpc) is 3.54. The van der Waals surface area contributed by atoms with Crippen molar-refractivity contribution in [3.8, 4) is 11.1 Å². The molecule has 1 saturated carbocycles. The zero-order chi connectivity index (χ0) is 20.6. The van der Waals surface area contributed by atoms with Crippen LogP contribution in [0, 0.1) is 0 Å². The Balaban J connectivity index is 1.65. The van der Waals surface area contributed by atoms with Crippen LogP contribution in [-0.4, -0.2) is 16.5 Å². The summed E-state index contributed by atoms with van der Waals surface area (Å²) in [6.07, 6.45) is -0.823. The molecule has 2 heteroatoms. The van der Waals surface area contributed by atoms with E-state index in [9.17, 15) is 10.2 Å². The quantitative estimate of drug-likeness (QED) is 0.453. The standard InChI is InChI=1S/C28H24O2/c29-26(30)28(25-18-16-22(17-19-25)21-10-4-1-5-11-21)20-27(28,23-12-6-2-7-13-23)24-14-8-3-9-15-24/h1-19,26,29-30H,20H2/t28-/m1/s1. The van der Waals surface area contributed by atoms with Crippen molar-refractivity contribution in [2.75, 3.05) is 0 Å². The van der Waals surface area contributed by atoms with Gasteiger partial charge >= 0.3 is 0 Å². The van der Waals surface area contributed by atoms with Crippen molar-refractivity contribution >= 4 is 0 Å². The molecule has 0 heterocycles. The van der Waals surface area contributed by atoms with Gasteiger partial charge in [-0.15, -0.1) is 0 Å². The normalized spacial score (nSPS) is 19.6. The van der Waals surface area contributed by atoms with Gasteiger partial charge in [-0.2, -0.15) is 0 Å². The Morgan fingerprint density at radius 1 is 0.500 bits per heavy atom. The molecule has 1 aliphatic carbocycles. The molecule has 1 fully saturated rings. The zero-order valence-corrected chi connectivity index (χ0v) is 16.6. The summed E-state index contributed by atoms with van der Waals surface area (Å²) >= 11 is 0. The van der Waals surface area contributed by atoms with Gasteiger partial charge in [0.15, 0.2) is 6.29 Å². The second-order valence-corrected chi connectivity index (χ2v) is 8.10. The maximum Gasteiger partial charge on any atom is 0.162 e. The summed E-state index contributed by atoms with van der Waals surface area (Å²) in [5.41, 5.74) is 4.17. The number of aliphatic hydroxyl groups excluding tert-OH is 1. The van der Waals surface area contributed by atoms with Crippen LogP contribution in [-0.2, 0) is 10.8 Å². The molecule has 4 aromatic rings. The number of rotatable bonds is 5. The third-order valence-electron chi connectivity index (χ3n) is 6.66. The molecule has 2 N–H and O–H groups in total.